The van der Waals surface area contributed by atoms with Crippen molar-refractivity contribution < 1.29 is 9.13 Å². The second kappa shape index (κ2) is 5.55. The Morgan fingerprint density at radius 3 is 2.78 bits per heavy atom. The van der Waals surface area contributed by atoms with E-state index >= 15 is 0 Å². The van der Waals surface area contributed by atoms with Gasteiger partial charge in [0.25, 0.3) is 0 Å². The molecule has 1 fully saturated rings. The van der Waals surface area contributed by atoms with E-state index in [0.717, 1.165) is 24.9 Å². The summed E-state index contributed by atoms with van der Waals surface area (Å²) < 4.78 is 19.3. The zero-order chi connectivity index (χ0) is 13.2. The fourth-order valence-corrected chi connectivity index (χ4v) is 2.71. The minimum absolute atomic E-state index is 0.105. The Morgan fingerprint density at radius 2 is 2.17 bits per heavy atom. The lowest BCUT2D eigenvalue weighted by Gasteiger charge is -2.41. The molecular weight excluding hydrogens is 253 g/mol. The lowest BCUT2D eigenvalue weighted by atomic mass is 9.93. The molecule has 0 radical (unpaired) electrons. The van der Waals surface area contributed by atoms with Crippen molar-refractivity contribution in [3.05, 3.63) is 34.6 Å². The summed E-state index contributed by atoms with van der Waals surface area (Å²) in [7, 11) is 0. The van der Waals surface area contributed by atoms with Crippen LogP contribution in [0.3, 0.4) is 0 Å². The average molecular weight is 272 g/mol. The van der Waals surface area contributed by atoms with Crippen LogP contribution in [0.4, 0.5) is 4.39 Å². The van der Waals surface area contributed by atoms with Crippen LogP contribution < -0.4 is 5.32 Å². The molecule has 2 nitrogen and oxygen atoms in total. The highest BCUT2D eigenvalue weighted by molar-refractivity contribution is 6.31. The van der Waals surface area contributed by atoms with Crippen molar-refractivity contribution >= 4 is 11.6 Å². The second-order valence-electron chi connectivity index (χ2n) is 4.79. The number of rotatable bonds is 3. The Balaban J connectivity index is 2.23. The molecule has 1 saturated heterocycles. The quantitative estimate of drug-likeness (QED) is 0.905. The summed E-state index contributed by atoms with van der Waals surface area (Å²) in [4.78, 5) is 0. The van der Waals surface area contributed by atoms with Gasteiger partial charge in [0.2, 0.25) is 0 Å². The number of halogens is 2. The van der Waals surface area contributed by atoms with Gasteiger partial charge >= 0.3 is 0 Å². The summed E-state index contributed by atoms with van der Waals surface area (Å²) in [6, 6.07) is 4.48. The Hall–Kier alpha value is -0.640. The Kier molecular flexibility index (Phi) is 4.25. The number of ether oxygens (including phenoxy) is 1. The van der Waals surface area contributed by atoms with Crippen LogP contribution >= 0.6 is 11.6 Å². The average Bonchev–Trinajstić information content (AvgIpc) is 2.38. The first-order valence-corrected chi connectivity index (χ1v) is 6.81. The van der Waals surface area contributed by atoms with E-state index in [-0.39, 0.29) is 17.5 Å². The van der Waals surface area contributed by atoms with E-state index in [0.29, 0.717) is 11.6 Å². The predicted octanol–water partition coefficient (Wildman–Crippen LogP) is 3.70. The van der Waals surface area contributed by atoms with E-state index in [1.165, 1.54) is 12.1 Å². The minimum Gasteiger partial charge on any atom is -0.364 e. The van der Waals surface area contributed by atoms with E-state index in [1.807, 2.05) is 0 Å². The summed E-state index contributed by atoms with van der Waals surface area (Å²) in [6.45, 7) is 5.82. The standard InChI is InChI=1S/C14H19ClFNO/c1-3-14(4-2)9-17-8-13(18-14)11-6-5-10(16)7-12(11)15/h5-7,13,17H,3-4,8-9H2,1-2H3. The van der Waals surface area contributed by atoms with Crippen LogP contribution in [0.2, 0.25) is 5.02 Å². The number of hydrogen-bond acceptors (Lipinski definition) is 2. The number of benzene rings is 1. The van der Waals surface area contributed by atoms with E-state index in [4.69, 9.17) is 16.3 Å². The summed E-state index contributed by atoms with van der Waals surface area (Å²) in [6.07, 6.45) is 1.80. The minimum atomic E-state index is -0.315. The highest BCUT2D eigenvalue weighted by atomic mass is 35.5. The molecule has 2 rings (SSSR count). The highest BCUT2D eigenvalue weighted by Crippen LogP contribution is 2.34. The first-order chi connectivity index (χ1) is 8.60. The maximum Gasteiger partial charge on any atom is 0.124 e. The van der Waals surface area contributed by atoms with E-state index in [1.54, 1.807) is 6.07 Å². The molecule has 0 aromatic heterocycles. The largest absolute Gasteiger partial charge is 0.364 e. The number of hydrogen-bond donors (Lipinski definition) is 1. The van der Waals surface area contributed by atoms with Gasteiger partial charge < -0.3 is 10.1 Å². The molecule has 0 bridgehead atoms. The van der Waals surface area contributed by atoms with Crippen LogP contribution in [0.5, 0.6) is 0 Å². The van der Waals surface area contributed by atoms with Gasteiger partial charge in [-0.05, 0) is 25.0 Å². The summed E-state index contributed by atoms with van der Waals surface area (Å²) >= 11 is 6.09. The van der Waals surface area contributed by atoms with Crippen LogP contribution in [0.25, 0.3) is 0 Å². The van der Waals surface area contributed by atoms with Crippen molar-refractivity contribution in [2.75, 3.05) is 13.1 Å². The molecule has 1 heterocycles. The van der Waals surface area contributed by atoms with Crippen molar-refractivity contribution in [1.29, 1.82) is 0 Å². The van der Waals surface area contributed by atoms with Crippen LogP contribution in [0.1, 0.15) is 38.4 Å². The number of morpholine rings is 1. The molecule has 1 atom stereocenters. The van der Waals surface area contributed by atoms with Crippen LogP contribution in [0.15, 0.2) is 18.2 Å². The molecule has 1 aromatic carbocycles. The maximum absolute atomic E-state index is 13.1. The molecule has 1 unspecified atom stereocenters. The highest BCUT2D eigenvalue weighted by Gasteiger charge is 2.35. The SMILES string of the molecule is CCC1(CC)CNCC(c2ccc(F)cc2Cl)O1. The molecule has 4 heteroatoms. The molecule has 100 valence electrons. The van der Waals surface area contributed by atoms with Crippen molar-refractivity contribution in [2.24, 2.45) is 0 Å². The first-order valence-electron chi connectivity index (χ1n) is 6.43. The first kappa shape index (κ1) is 13.8. The molecular formula is C14H19ClFNO. The van der Waals surface area contributed by atoms with Gasteiger partial charge in [0.15, 0.2) is 0 Å². The third-order valence-electron chi connectivity index (χ3n) is 3.77. The van der Waals surface area contributed by atoms with Crippen LogP contribution in [-0.2, 0) is 4.74 Å². The van der Waals surface area contributed by atoms with Crippen LogP contribution in [0, 0.1) is 5.82 Å². The Morgan fingerprint density at radius 1 is 1.44 bits per heavy atom. The van der Waals surface area contributed by atoms with Crippen molar-refractivity contribution in [3.63, 3.8) is 0 Å². The van der Waals surface area contributed by atoms with Gasteiger partial charge in [0.05, 0.1) is 11.7 Å². The molecule has 1 aliphatic rings. The molecule has 0 saturated carbocycles. The van der Waals surface area contributed by atoms with Gasteiger partial charge in [-0.1, -0.05) is 31.5 Å². The van der Waals surface area contributed by atoms with E-state index in [9.17, 15) is 4.39 Å². The van der Waals surface area contributed by atoms with Crippen molar-refractivity contribution in [1.82, 2.24) is 5.32 Å². The molecule has 0 spiro atoms. The molecule has 1 N–H and O–H groups in total. The predicted molar refractivity (Wildman–Crippen MR) is 71.4 cm³/mol. The second-order valence-corrected chi connectivity index (χ2v) is 5.20. The van der Waals surface area contributed by atoms with Crippen molar-refractivity contribution in [2.45, 2.75) is 38.4 Å². The fraction of sp³-hybridized carbons (Fsp3) is 0.571. The zero-order valence-electron chi connectivity index (χ0n) is 10.8. The fourth-order valence-electron chi connectivity index (χ4n) is 2.42. The van der Waals surface area contributed by atoms with Gasteiger partial charge in [-0.25, -0.2) is 4.39 Å². The molecule has 18 heavy (non-hydrogen) atoms. The maximum atomic E-state index is 13.1. The lowest BCUT2D eigenvalue weighted by molar-refractivity contribution is -0.122. The third kappa shape index (κ3) is 2.68. The molecule has 0 amide bonds. The molecule has 1 aliphatic heterocycles. The smallest absolute Gasteiger partial charge is 0.124 e. The van der Waals surface area contributed by atoms with Gasteiger partial charge in [-0.3, -0.25) is 0 Å². The summed E-state index contributed by atoms with van der Waals surface area (Å²) in [5.74, 6) is -0.315. The Bertz CT molecular complexity index is 420. The zero-order valence-corrected chi connectivity index (χ0v) is 11.6. The third-order valence-corrected chi connectivity index (χ3v) is 4.09. The summed E-state index contributed by atoms with van der Waals surface area (Å²) in [5, 5.41) is 3.83. The van der Waals surface area contributed by atoms with Crippen LogP contribution in [-0.4, -0.2) is 18.7 Å². The van der Waals surface area contributed by atoms with Gasteiger partial charge in [-0.15, -0.1) is 0 Å². The summed E-state index contributed by atoms with van der Waals surface area (Å²) in [5.41, 5.74) is 0.720. The molecule has 1 aromatic rings. The van der Waals surface area contributed by atoms with Gasteiger partial charge in [0, 0.05) is 23.7 Å². The van der Waals surface area contributed by atoms with Gasteiger partial charge in [-0.2, -0.15) is 0 Å². The monoisotopic (exact) mass is 271 g/mol. The van der Waals surface area contributed by atoms with Gasteiger partial charge in [0.1, 0.15) is 5.82 Å². The Labute approximate surface area is 112 Å². The lowest BCUT2D eigenvalue weighted by Crippen LogP contribution is -2.50. The van der Waals surface area contributed by atoms with E-state index < -0.39 is 0 Å². The van der Waals surface area contributed by atoms with E-state index in [2.05, 4.69) is 19.2 Å². The number of nitrogens with one attached hydrogen (secondary N) is 1. The topological polar surface area (TPSA) is 21.3 Å². The van der Waals surface area contributed by atoms with Crippen molar-refractivity contribution in [3.8, 4) is 0 Å². The molecule has 0 aliphatic carbocycles. The normalized spacial score (nSPS) is 23.0.